The van der Waals surface area contributed by atoms with E-state index in [2.05, 4.69) is 4.72 Å². The largest absolute Gasteiger partial charge is 0.497 e. The highest BCUT2D eigenvalue weighted by atomic mass is 32.2. The van der Waals surface area contributed by atoms with Crippen LogP contribution in [0.5, 0.6) is 5.75 Å². The van der Waals surface area contributed by atoms with Gasteiger partial charge in [0, 0.05) is 25.7 Å². The summed E-state index contributed by atoms with van der Waals surface area (Å²) in [7, 11) is 1.97. The minimum Gasteiger partial charge on any atom is -0.497 e. The first kappa shape index (κ1) is 18.2. The summed E-state index contributed by atoms with van der Waals surface area (Å²) in [6.07, 6.45) is 0. The van der Waals surface area contributed by atoms with E-state index in [4.69, 9.17) is 9.47 Å². The Kier molecular flexibility index (Phi) is 6.37. The number of morpholine rings is 1. The Morgan fingerprint density at radius 2 is 2.04 bits per heavy atom. The molecule has 0 aromatic heterocycles. The fourth-order valence-corrected chi connectivity index (χ4v) is 3.69. The van der Waals surface area contributed by atoms with Gasteiger partial charge in [-0.2, -0.15) is 12.7 Å². The van der Waals surface area contributed by atoms with Gasteiger partial charge in [0.05, 0.1) is 20.3 Å². The van der Waals surface area contributed by atoms with E-state index in [1.165, 1.54) is 4.31 Å². The molecule has 0 saturated carbocycles. The van der Waals surface area contributed by atoms with Crippen molar-refractivity contribution in [1.82, 2.24) is 13.9 Å². The van der Waals surface area contributed by atoms with Crippen molar-refractivity contribution in [3.8, 4) is 5.75 Å². The summed E-state index contributed by atoms with van der Waals surface area (Å²) in [6.45, 7) is 1.95. The predicted octanol–water partition coefficient (Wildman–Crippen LogP) is 0.465. The standard InChI is InChI=1S/C15H25N3O4S/c1-17(2)15(13-5-4-6-14(11-13)21-3)12-16-23(19,20)18-7-9-22-10-8-18/h4-6,11,15-16H,7-10,12H2,1-3H3/t15-/m0/s1. The van der Waals surface area contributed by atoms with Gasteiger partial charge in [0.1, 0.15) is 5.75 Å². The van der Waals surface area contributed by atoms with Gasteiger partial charge in [-0.25, -0.2) is 4.72 Å². The third-order valence-electron chi connectivity index (χ3n) is 3.87. The lowest BCUT2D eigenvalue weighted by molar-refractivity contribution is 0.0724. The Balaban J connectivity index is 2.07. The molecule has 1 aromatic rings. The fraction of sp³-hybridized carbons (Fsp3) is 0.600. The number of nitrogens with one attached hydrogen (secondary N) is 1. The average molecular weight is 343 g/mol. The normalized spacial score (nSPS) is 18.1. The third-order valence-corrected chi connectivity index (χ3v) is 5.45. The van der Waals surface area contributed by atoms with Gasteiger partial charge in [0.15, 0.2) is 0 Å². The van der Waals surface area contributed by atoms with Gasteiger partial charge in [0.25, 0.3) is 10.2 Å². The van der Waals surface area contributed by atoms with E-state index in [9.17, 15) is 8.42 Å². The number of hydrogen-bond donors (Lipinski definition) is 1. The lowest BCUT2D eigenvalue weighted by atomic mass is 10.1. The second-order valence-electron chi connectivity index (χ2n) is 5.62. The highest BCUT2D eigenvalue weighted by Crippen LogP contribution is 2.22. The zero-order valence-electron chi connectivity index (χ0n) is 13.9. The van der Waals surface area contributed by atoms with E-state index in [0.717, 1.165) is 11.3 Å². The summed E-state index contributed by atoms with van der Waals surface area (Å²) in [5.41, 5.74) is 0.999. The van der Waals surface area contributed by atoms with Crippen molar-refractivity contribution in [3.63, 3.8) is 0 Å². The predicted molar refractivity (Wildman–Crippen MR) is 88.7 cm³/mol. The Morgan fingerprint density at radius 3 is 2.65 bits per heavy atom. The highest BCUT2D eigenvalue weighted by Gasteiger charge is 2.25. The Morgan fingerprint density at radius 1 is 1.35 bits per heavy atom. The maximum atomic E-state index is 12.4. The van der Waals surface area contributed by atoms with E-state index < -0.39 is 10.2 Å². The average Bonchev–Trinajstić information content (AvgIpc) is 2.55. The van der Waals surface area contributed by atoms with Crippen LogP contribution < -0.4 is 9.46 Å². The first-order valence-electron chi connectivity index (χ1n) is 7.57. The van der Waals surface area contributed by atoms with E-state index in [1.807, 2.05) is 43.3 Å². The van der Waals surface area contributed by atoms with Crippen molar-refractivity contribution in [3.05, 3.63) is 29.8 Å². The number of ether oxygens (including phenoxy) is 2. The Hall–Kier alpha value is -1.19. The van der Waals surface area contributed by atoms with Gasteiger partial charge in [-0.1, -0.05) is 12.1 Å². The van der Waals surface area contributed by atoms with Crippen LogP contribution in [0.3, 0.4) is 0 Å². The first-order valence-corrected chi connectivity index (χ1v) is 9.01. The molecule has 0 unspecified atom stereocenters. The lowest BCUT2D eigenvalue weighted by Gasteiger charge is -2.29. The molecule has 1 aliphatic rings. The molecule has 0 aliphatic carbocycles. The van der Waals surface area contributed by atoms with Crippen LogP contribution in [-0.2, 0) is 14.9 Å². The van der Waals surface area contributed by atoms with Gasteiger partial charge < -0.3 is 14.4 Å². The van der Waals surface area contributed by atoms with Crippen molar-refractivity contribution < 1.29 is 17.9 Å². The van der Waals surface area contributed by atoms with Gasteiger partial charge in [-0.3, -0.25) is 0 Å². The van der Waals surface area contributed by atoms with Crippen LogP contribution in [0.1, 0.15) is 11.6 Å². The van der Waals surface area contributed by atoms with E-state index in [-0.39, 0.29) is 6.04 Å². The summed E-state index contributed by atoms with van der Waals surface area (Å²) >= 11 is 0. The van der Waals surface area contributed by atoms with Crippen molar-refractivity contribution in [2.75, 3.05) is 54.1 Å². The Labute approximate surface area is 138 Å². The van der Waals surface area contributed by atoms with Crippen molar-refractivity contribution in [1.29, 1.82) is 0 Å². The van der Waals surface area contributed by atoms with Crippen molar-refractivity contribution in [2.45, 2.75) is 6.04 Å². The summed E-state index contributed by atoms with van der Waals surface area (Å²) in [4.78, 5) is 1.98. The van der Waals surface area contributed by atoms with Crippen LogP contribution in [0.15, 0.2) is 24.3 Å². The number of benzene rings is 1. The summed E-state index contributed by atoms with van der Waals surface area (Å²) in [5.74, 6) is 0.755. The molecule has 1 aromatic carbocycles. The van der Waals surface area contributed by atoms with Crippen molar-refractivity contribution in [2.24, 2.45) is 0 Å². The number of methoxy groups -OCH3 is 1. The molecule has 1 saturated heterocycles. The minimum atomic E-state index is -3.49. The van der Waals surface area contributed by atoms with Crippen LogP contribution >= 0.6 is 0 Å². The van der Waals surface area contributed by atoms with Gasteiger partial charge in [0.2, 0.25) is 0 Å². The highest BCUT2D eigenvalue weighted by molar-refractivity contribution is 7.87. The molecule has 1 aliphatic heterocycles. The summed E-state index contributed by atoms with van der Waals surface area (Å²) < 4.78 is 39.3. The topological polar surface area (TPSA) is 71.1 Å². The molecule has 1 atom stereocenters. The molecule has 0 radical (unpaired) electrons. The monoisotopic (exact) mass is 343 g/mol. The van der Waals surface area contributed by atoms with Crippen LogP contribution in [0.2, 0.25) is 0 Å². The maximum Gasteiger partial charge on any atom is 0.279 e. The molecule has 0 spiro atoms. The number of nitrogens with zero attached hydrogens (tertiary/aromatic N) is 2. The molecular weight excluding hydrogens is 318 g/mol. The van der Waals surface area contributed by atoms with Crippen LogP contribution in [0, 0.1) is 0 Å². The van der Waals surface area contributed by atoms with Crippen LogP contribution in [-0.4, -0.2) is 71.7 Å². The van der Waals surface area contributed by atoms with Gasteiger partial charge in [-0.15, -0.1) is 0 Å². The van der Waals surface area contributed by atoms with Crippen LogP contribution in [0.25, 0.3) is 0 Å². The molecular formula is C15H25N3O4S. The van der Waals surface area contributed by atoms with Crippen molar-refractivity contribution >= 4 is 10.2 Å². The quantitative estimate of drug-likeness (QED) is 0.779. The van der Waals surface area contributed by atoms with E-state index in [1.54, 1.807) is 7.11 Å². The number of hydrogen-bond acceptors (Lipinski definition) is 5. The second-order valence-corrected chi connectivity index (χ2v) is 7.38. The number of rotatable bonds is 7. The Bertz CT molecular complexity index is 600. The van der Waals surface area contributed by atoms with E-state index in [0.29, 0.717) is 32.8 Å². The molecule has 7 nitrogen and oxygen atoms in total. The number of likely N-dealkylation sites (N-methyl/N-ethyl adjacent to an activating group) is 1. The molecule has 0 bridgehead atoms. The van der Waals surface area contributed by atoms with E-state index >= 15 is 0 Å². The molecule has 1 fully saturated rings. The molecule has 23 heavy (non-hydrogen) atoms. The smallest absolute Gasteiger partial charge is 0.279 e. The summed E-state index contributed by atoms with van der Waals surface area (Å²) in [6, 6.07) is 7.58. The maximum absolute atomic E-state index is 12.4. The SMILES string of the molecule is COc1cccc([C@H](CNS(=O)(=O)N2CCOCC2)N(C)C)c1. The molecule has 130 valence electrons. The summed E-state index contributed by atoms with van der Waals surface area (Å²) in [5, 5.41) is 0. The fourth-order valence-electron chi connectivity index (χ4n) is 2.51. The molecule has 1 heterocycles. The van der Waals surface area contributed by atoms with Gasteiger partial charge >= 0.3 is 0 Å². The lowest BCUT2D eigenvalue weighted by Crippen LogP contribution is -2.48. The van der Waals surface area contributed by atoms with Gasteiger partial charge in [-0.05, 0) is 31.8 Å². The second kappa shape index (κ2) is 8.07. The molecule has 8 heteroatoms. The zero-order chi connectivity index (χ0) is 16.9. The minimum absolute atomic E-state index is 0.0825. The zero-order valence-corrected chi connectivity index (χ0v) is 14.7. The third kappa shape index (κ3) is 4.89. The molecule has 2 rings (SSSR count). The molecule has 1 N–H and O–H groups in total. The van der Waals surface area contributed by atoms with Crippen LogP contribution in [0.4, 0.5) is 0 Å². The molecule has 0 amide bonds. The first-order chi connectivity index (χ1) is 10.9.